The van der Waals surface area contributed by atoms with E-state index in [0.717, 1.165) is 5.56 Å². The highest BCUT2D eigenvalue weighted by Crippen LogP contribution is 2.19. The first-order valence-corrected chi connectivity index (χ1v) is 7.77. The van der Waals surface area contributed by atoms with E-state index < -0.39 is 0 Å². The summed E-state index contributed by atoms with van der Waals surface area (Å²) in [6.07, 6.45) is 3.86. The lowest BCUT2D eigenvalue weighted by atomic mass is 10.1. The van der Waals surface area contributed by atoms with Crippen molar-refractivity contribution in [3.05, 3.63) is 52.8 Å². The average Bonchev–Trinajstić information content (AvgIpc) is 3.18. The zero-order valence-electron chi connectivity index (χ0n) is 12.5. The Labute approximate surface area is 138 Å². The molecule has 2 N–H and O–H groups in total. The molecule has 1 aromatic heterocycles. The molecule has 1 aromatic carbocycles. The van der Waals surface area contributed by atoms with Gasteiger partial charge in [-0.3, -0.25) is 14.3 Å². The van der Waals surface area contributed by atoms with Gasteiger partial charge >= 0.3 is 0 Å². The molecule has 1 saturated heterocycles. The van der Waals surface area contributed by atoms with E-state index in [4.69, 9.17) is 17.3 Å². The van der Waals surface area contributed by atoms with E-state index in [9.17, 15) is 9.59 Å². The van der Waals surface area contributed by atoms with Gasteiger partial charge in [0, 0.05) is 24.3 Å². The lowest BCUT2D eigenvalue weighted by molar-refractivity contribution is -0.121. The molecule has 2 heterocycles. The maximum atomic E-state index is 12.4. The van der Waals surface area contributed by atoms with Gasteiger partial charge in [0.1, 0.15) is 0 Å². The van der Waals surface area contributed by atoms with E-state index in [1.54, 1.807) is 15.8 Å². The first kappa shape index (κ1) is 15.6. The second kappa shape index (κ2) is 6.42. The molecule has 120 valence electrons. The number of hydrogen-bond acceptors (Lipinski definition) is 3. The third kappa shape index (κ3) is 3.37. The summed E-state index contributed by atoms with van der Waals surface area (Å²) in [5, 5.41) is 4.88. The average molecular weight is 333 g/mol. The summed E-state index contributed by atoms with van der Waals surface area (Å²) in [5.74, 6) is -0.731. The predicted molar refractivity (Wildman–Crippen MR) is 86.0 cm³/mol. The molecule has 1 aliphatic heterocycles. The molecule has 0 aliphatic carbocycles. The van der Waals surface area contributed by atoms with Gasteiger partial charge in [-0.1, -0.05) is 29.8 Å². The molecule has 0 unspecified atom stereocenters. The molecule has 0 radical (unpaired) electrons. The van der Waals surface area contributed by atoms with Crippen molar-refractivity contribution in [2.24, 2.45) is 11.7 Å². The number of likely N-dealkylation sites (tertiary alicyclic amines) is 1. The SMILES string of the molecule is NC(=O)[C@H]1CCN(C(=O)c2cnn(Cc3ccccc3Cl)c2)C1. The first-order chi connectivity index (χ1) is 11.0. The largest absolute Gasteiger partial charge is 0.369 e. The Kier molecular flexibility index (Phi) is 4.34. The van der Waals surface area contributed by atoms with Crippen LogP contribution in [0.4, 0.5) is 0 Å². The normalized spacial score (nSPS) is 17.4. The van der Waals surface area contributed by atoms with Crippen LogP contribution in [0.15, 0.2) is 36.7 Å². The minimum atomic E-state index is -0.352. The zero-order valence-corrected chi connectivity index (χ0v) is 13.2. The van der Waals surface area contributed by atoms with E-state index in [0.29, 0.717) is 36.6 Å². The highest BCUT2D eigenvalue weighted by molar-refractivity contribution is 6.31. The highest BCUT2D eigenvalue weighted by atomic mass is 35.5. The summed E-state index contributed by atoms with van der Waals surface area (Å²) in [7, 11) is 0. The van der Waals surface area contributed by atoms with E-state index in [1.165, 1.54) is 6.20 Å². The summed E-state index contributed by atoms with van der Waals surface area (Å²) in [6.45, 7) is 1.42. The van der Waals surface area contributed by atoms with E-state index in [2.05, 4.69) is 5.10 Å². The van der Waals surface area contributed by atoms with Gasteiger partial charge in [0.25, 0.3) is 5.91 Å². The Bertz CT molecular complexity index is 743. The summed E-state index contributed by atoms with van der Waals surface area (Å²) < 4.78 is 1.68. The van der Waals surface area contributed by atoms with Gasteiger partial charge in [0.2, 0.25) is 5.91 Å². The fourth-order valence-electron chi connectivity index (χ4n) is 2.72. The number of rotatable bonds is 4. The molecule has 0 bridgehead atoms. The van der Waals surface area contributed by atoms with Crippen molar-refractivity contribution in [1.82, 2.24) is 14.7 Å². The number of aromatic nitrogens is 2. The van der Waals surface area contributed by atoms with E-state index >= 15 is 0 Å². The fraction of sp³-hybridized carbons (Fsp3) is 0.312. The number of nitrogens with two attached hydrogens (primary N) is 1. The number of halogens is 1. The quantitative estimate of drug-likeness (QED) is 0.922. The summed E-state index contributed by atoms with van der Waals surface area (Å²) >= 11 is 6.13. The fourth-order valence-corrected chi connectivity index (χ4v) is 2.92. The van der Waals surface area contributed by atoms with Crippen LogP contribution in [-0.4, -0.2) is 39.6 Å². The number of nitrogens with zero attached hydrogens (tertiary/aromatic N) is 3. The van der Waals surface area contributed by atoms with Gasteiger partial charge in [-0.05, 0) is 18.1 Å². The third-order valence-electron chi connectivity index (χ3n) is 4.05. The number of hydrogen-bond donors (Lipinski definition) is 1. The lowest BCUT2D eigenvalue weighted by Crippen LogP contribution is -2.31. The second-order valence-electron chi connectivity index (χ2n) is 5.66. The number of carbonyl (C=O) groups is 2. The maximum Gasteiger partial charge on any atom is 0.257 e. The maximum absolute atomic E-state index is 12.4. The van der Waals surface area contributed by atoms with Crippen molar-refractivity contribution in [1.29, 1.82) is 0 Å². The Hall–Kier alpha value is -2.34. The standard InChI is InChI=1S/C16H17ClN4O2/c17-14-4-2-1-3-11(14)9-21-10-13(7-19-21)16(23)20-6-5-12(8-20)15(18)22/h1-4,7,10,12H,5-6,8-9H2,(H2,18,22)/t12-/m0/s1. The molecule has 0 saturated carbocycles. The summed E-state index contributed by atoms with van der Waals surface area (Å²) in [6, 6.07) is 7.52. The van der Waals surface area contributed by atoms with Crippen molar-refractivity contribution < 1.29 is 9.59 Å². The molecular formula is C16H17ClN4O2. The Morgan fingerprint density at radius 1 is 1.35 bits per heavy atom. The van der Waals surface area contributed by atoms with Crippen LogP contribution in [0.3, 0.4) is 0 Å². The van der Waals surface area contributed by atoms with Crippen LogP contribution in [0.1, 0.15) is 22.3 Å². The minimum Gasteiger partial charge on any atom is -0.369 e. The molecule has 23 heavy (non-hydrogen) atoms. The van der Waals surface area contributed by atoms with Crippen LogP contribution in [0.2, 0.25) is 5.02 Å². The van der Waals surface area contributed by atoms with Gasteiger partial charge < -0.3 is 10.6 Å². The van der Waals surface area contributed by atoms with Crippen molar-refractivity contribution >= 4 is 23.4 Å². The van der Waals surface area contributed by atoms with Crippen LogP contribution in [0, 0.1) is 5.92 Å². The lowest BCUT2D eigenvalue weighted by Gasteiger charge is -2.14. The smallest absolute Gasteiger partial charge is 0.257 e. The topological polar surface area (TPSA) is 81.2 Å². The molecule has 7 heteroatoms. The Balaban J connectivity index is 1.69. The molecule has 1 aliphatic rings. The number of carbonyl (C=O) groups excluding carboxylic acids is 2. The monoisotopic (exact) mass is 332 g/mol. The molecule has 0 spiro atoms. The van der Waals surface area contributed by atoms with Crippen LogP contribution in [-0.2, 0) is 11.3 Å². The van der Waals surface area contributed by atoms with Crippen LogP contribution >= 0.6 is 11.6 Å². The first-order valence-electron chi connectivity index (χ1n) is 7.39. The van der Waals surface area contributed by atoms with Gasteiger partial charge in [0.05, 0.1) is 24.2 Å². The molecular weight excluding hydrogens is 316 g/mol. The number of primary amides is 1. The number of amides is 2. The van der Waals surface area contributed by atoms with Crippen molar-refractivity contribution in [2.75, 3.05) is 13.1 Å². The van der Waals surface area contributed by atoms with Gasteiger partial charge in [-0.25, -0.2) is 0 Å². The highest BCUT2D eigenvalue weighted by Gasteiger charge is 2.30. The molecule has 1 atom stereocenters. The van der Waals surface area contributed by atoms with Crippen LogP contribution in [0.25, 0.3) is 0 Å². The Morgan fingerprint density at radius 3 is 2.83 bits per heavy atom. The minimum absolute atomic E-state index is 0.126. The molecule has 2 aromatic rings. The van der Waals surface area contributed by atoms with Gasteiger partial charge in [-0.15, -0.1) is 0 Å². The van der Waals surface area contributed by atoms with Crippen molar-refractivity contribution in [2.45, 2.75) is 13.0 Å². The number of benzene rings is 1. The molecule has 2 amide bonds. The van der Waals surface area contributed by atoms with Gasteiger partial charge in [-0.2, -0.15) is 5.10 Å². The van der Waals surface area contributed by atoms with Gasteiger partial charge in [0.15, 0.2) is 0 Å². The third-order valence-corrected chi connectivity index (χ3v) is 4.42. The van der Waals surface area contributed by atoms with Crippen molar-refractivity contribution in [3.63, 3.8) is 0 Å². The van der Waals surface area contributed by atoms with E-state index in [-0.39, 0.29) is 17.7 Å². The zero-order chi connectivity index (χ0) is 16.4. The molecule has 1 fully saturated rings. The molecule has 6 nitrogen and oxygen atoms in total. The van der Waals surface area contributed by atoms with E-state index in [1.807, 2.05) is 24.3 Å². The second-order valence-corrected chi connectivity index (χ2v) is 6.06. The van der Waals surface area contributed by atoms with Crippen LogP contribution in [0.5, 0.6) is 0 Å². The molecule has 3 rings (SSSR count). The Morgan fingerprint density at radius 2 is 2.13 bits per heavy atom. The van der Waals surface area contributed by atoms with Crippen LogP contribution < -0.4 is 5.73 Å². The predicted octanol–water partition coefficient (Wildman–Crippen LogP) is 1.53. The summed E-state index contributed by atoms with van der Waals surface area (Å²) in [4.78, 5) is 25.3. The van der Waals surface area contributed by atoms with Crippen molar-refractivity contribution in [3.8, 4) is 0 Å². The summed E-state index contributed by atoms with van der Waals surface area (Å²) in [5.41, 5.74) is 6.74.